The molecule has 0 spiro atoms. The number of nitrogens with two attached hydrogens (primary N) is 1. The second kappa shape index (κ2) is 7.02. The number of hydrogen-bond acceptors (Lipinski definition) is 3. The highest BCUT2D eigenvalue weighted by Crippen LogP contribution is 2.21. The maximum Gasteiger partial charge on any atom is 0.0538 e. The quantitative estimate of drug-likeness (QED) is 0.882. The number of likely N-dealkylation sites (N-methyl/N-ethyl adjacent to an activating group) is 1. The SMILES string of the molecule is CCn1cc(C(CN)N(C)Cc2cccc(Br)c2)cn1. The van der Waals surface area contributed by atoms with Crippen molar-refractivity contribution in [3.63, 3.8) is 0 Å². The van der Waals surface area contributed by atoms with Gasteiger partial charge in [0, 0.05) is 35.9 Å². The molecule has 20 heavy (non-hydrogen) atoms. The third-order valence-electron chi connectivity index (χ3n) is 3.44. The van der Waals surface area contributed by atoms with Gasteiger partial charge in [0.25, 0.3) is 0 Å². The molecule has 0 amide bonds. The summed E-state index contributed by atoms with van der Waals surface area (Å²) in [6.45, 7) is 4.41. The molecule has 108 valence electrons. The van der Waals surface area contributed by atoms with E-state index in [2.05, 4.69) is 64.3 Å². The third-order valence-corrected chi connectivity index (χ3v) is 3.93. The predicted molar refractivity (Wildman–Crippen MR) is 85.3 cm³/mol. The first-order valence-corrected chi connectivity index (χ1v) is 7.60. The van der Waals surface area contributed by atoms with Crippen molar-refractivity contribution in [1.82, 2.24) is 14.7 Å². The summed E-state index contributed by atoms with van der Waals surface area (Å²) in [7, 11) is 2.10. The molecule has 2 N–H and O–H groups in total. The second-order valence-electron chi connectivity index (χ2n) is 4.93. The molecule has 0 aliphatic rings. The van der Waals surface area contributed by atoms with Gasteiger partial charge < -0.3 is 5.73 Å². The Hall–Kier alpha value is -1.17. The fourth-order valence-electron chi connectivity index (χ4n) is 2.33. The van der Waals surface area contributed by atoms with Crippen LogP contribution in [-0.4, -0.2) is 28.3 Å². The van der Waals surface area contributed by atoms with Crippen molar-refractivity contribution in [2.24, 2.45) is 5.73 Å². The van der Waals surface area contributed by atoms with E-state index >= 15 is 0 Å². The first-order valence-electron chi connectivity index (χ1n) is 6.81. The van der Waals surface area contributed by atoms with E-state index in [9.17, 15) is 0 Å². The number of hydrogen-bond donors (Lipinski definition) is 1. The number of rotatable bonds is 6. The molecule has 0 fully saturated rings. The van der Waals surface area contributed by atoms with E-state index in [1.165, 1.54) is 11.1 Å². The van der Waals surface area contributed by atoms with Gasteiger partial charge in [-0.1, -0.05) is 28.1 Å². The fraction of sp³-hybridized carbons (Fsp3) is 0.400. The van der Waals surface area contributed by atoms with Crippen LogP contribution in [0.3, 0.4) is 0 Å². The van der Waals surface area contributed by atoms with E-state index < -0.39 is 0 Å². The summed E-state index contributed by atoms with van der Waals surface area (Å²) in [5.41, 5.74) is 8.39. The lowest BCUT2D eigenvalue weighted by Gasteiger charge is -2.26. The summed E-state index contributed by atoms with van der Waals surface area (Å²) < 4.78 is 3.04. The van der Waals surface area contributed by atoms with Crippen molar-refractivity contribution >= 4 is 15.9 Å². The molecule has 2 rings (SSSR count). The zero-order chi connectivity index (χ0) is 14.5. The molecule has 0 aliphatic heterocycles. The maximum absolute atomic E-state index is 5.95. The third kappa shape index (κ3) is 3.69. The normalized spacial score (nSPS) is 12.8. The van der Waals surface area contributed by atoms with Crippen LogP contribution in [-0.2, 0) is 13.1 Å². The molecule has 0 saturated heterocycles. The molecular weight excluding hydrogens is 316 g/mol. The predicted octanol–water partition coefficient (Wildman–Crippen LogP) is 2.80. The first kappa shape index (κ1) is 15.2. The molecule has 1 heterocycles. The smallest absolute Gasteiger partial charge is 0.0538 e. The Balaban J connectivity index is 2.10. The average Bonchev–Trinajstić information content (AvgIpc) is 2.88. The van der Waals surface area contributed by atoms with Crippen LogP contribution in [0.5, 0.6) is 0 Å². The van der Waals surface area contributed by atoms with Gasteiger partial charge in [-0.2, -0.15) is 5.10 Å². The summed E-state index contributed by atoms with van der Waals surface area (Å²) >= 11 is 3.51. The molecule has 5 heteroatoms. The largest absolute Gasteiger partial charge is 0.329 e. The van der Waals surface area contributed by atoms with Gasteiger partial charge >= 0.3 is 0 Å². The molecule has 0 saturated carbocycles. The van der Waals surface area contributed by atoms with Crippen LogP contribution in [0.2, 0.25) is 0 Å². The molecule has 1 atom stereocenters. The summed E-state index contributed by atoms with van der Waals surface area (Å²) in [4.78, 5) is 2.26. The minimum absolute atomic E-state index is 0.189. The van der Waals surface area contributed by atoms with E-state index in [-0.39, 0.29) is 6.04 Å². The monoisotopic (exact) mass is 336 g/mol. The van der Waals surface area contributed by atoms with Crippen LogP contribution in [0.4, 0.5) is 0 Å². The standard InChI is InChI=1S/C15H21BrN4/c1-3-20-11-13(9-18-20)15(8-17)19(2)10-12-5-4-6-14(16)7-12/h4-7,9,11,15H,3,8,10,17H2,1-2H3. The van der Waals surface area contributed by atoms with Crippen LogP contribution in [0.15, 0.2) is 41.1 Å². The van der Waals surface area contributed by atoms with Gasteiger partial charge in [0.1, 0.15) is 0 Å². The maximum atomic E-state index is 5.95. The molecule has 0 bridgehead atoms. The van der Waals surface area contributed by atoms with E-state index in [1.54, 1.807) is 0 Å². The van der Waals surface area contributed by atoms with Gasteiger partial charge in [-0.15, -0.1) is 0 Å². The molecule has 2 aromatic rings. The zero-order valence-electron chi connectivity index (χ0n) is 12.0. The lowest BCUT2D eigenvalue weighted by molar-refractivity contribution is 0.241. The zero-order valence-corrected chi connectivity index (χ0v) is 13.5. The average molecular weight is 337 g/mol. The topological polar surface area (TPSA) is 47.1 Å². The summed E-state index contributed by atoms with van der Waals surface area (Å²) in [5, 5.41) is 4.33. The number of benzene rings is 1. The molecule has 1 aromatic carbocycles. The van der Waals surface area contributed by atoms with Crippen LogP contribution < -0.4 is 5.73 Å². The van der Waals surface area contributed by atoms with Crippen LogP contribution in [0.25, 0.3) is 0 Å². The van der Waals surface area contributed by atoms with E-state index in [1.807, 2.05) is 16.9 Å². The minimum Gasteiger partial charge on any atom is -0.329 e. The van der Waals surface area contributed by atoms with E-state index in [4.69, 9.17) is 5.73 Å². The number of nitrogens with zero attached hydrogens (tertiary/aromatic N) is 3. The Morgan fingerprint density at radius 1 is 1.45 bits per heavy atom. The Morgan fingerprint density at radius 2 is 2.25 bits per heavy atom. The molecule has 0 aliphatic carbocycles. The molecule has 1 aromatic heterocycles. The van der Waals surface area contributed by atoms with Crippen LogP contribution in [0, 0.1) is 0 Å². The Morgan fingerprint density at radius 3 is 2.85 bits per heavy atom. The Labute approximate surface area is 128 Å². The van der Waals surface area contributed by atoms with Gasteiger partial charge in [0.2, 0.25) is 0 Å². The lowest BCUT2D eigenvalue weighted by atomic mass is 10.1. The van der Waals surface area contributed by atoms with Crippen LogP contribution >= 0.6 is 15.9 Å². The highest BCUT2D eigenvalue weighted by molar-refractivity contribution is 9.10. The number of aromatic nitrogens is 2. The van der Waals surface area contributed by atoms with Crippen molar-refractivity contribution in [2.75, 3.05) is 13.6 Å². The lowest BCUT2D eigenvalue weighted by Crippen LogP contribution is -2.30. The minimum atomic E-state index is 0.189. The van der Waals surface area contributed by atoms with Crippen molar-refractivity contribution < 1.29 is 0 Å². The van der Waals surface area contributed by atoms with Gasteiger partial charge in [-0.3, -0.25) is 9.58 Å². The summed E-state index contributed by atoms with van der Waals surface area (Å²) in [6.07, 6.45) is 3.99. The Kier molecular flexibility index (Phi) is 5.34. The summed E-state index contributed by atoms with van der Waals surface area (Å²) in [5.74, 6) is 0. The summed E-state index contributed by atoms with van der Waals surface area (Å²) in [6, 6.07) is 8.55. The molecule has 1 unspecified atom stereocenters. The number of halogens is 1. The van der Waals surface area contributed by atoms with Gasteiger partial charge in [0.15, 0.2) is 0 Å². The highest BCUT2D eigenvalue weighted by atomic mass is 79.9. The van der Waals surface area contributed by atoms with Gasteiger partial charge in [0.05, 0.1) is 12.2 Å². The van der Waals surface area contributed by atoms with Crippen molar-refractivity contribution in [1.29, 1.82) is 0 Å². The van der Waals surface area contributed by atoms with E-state index in [0.29, 0.717) is 6.54 Å². The van der Waals surface area contributed by atoms with Crippen molar-refractivity contribution in [3.8, 4) is 0 Å². The molecule has 4 nitrogen and oxygen atoms in total. The van der Waals surface area contributed by atoms with Gasteiger partial charge in [-0.05, 0) is 31.7 Å². The second-order valence-corrected chi connectivity index (χ2v) is 5.84. The Bertz CT molecular complexity index is 552. The van der Waals surface area contributed by atoms with Crippen LogP contribution in [0.1, 0.15) is 24.1 Å². The van der Waals surface area contributed by atoms with Crippen molar-refractivity contribution in [3.05, 3.63) is 52.3 Å². The molecular formula is C15H21BrN4. The first-order chi connectivity index (χ1) is 9.63. The van der Waals surface area contributed by atoms with Crippen molar-refractivity contribution in [2.45, 2.75) is 26.1 Å². The number of aryl methyl sites for hydroxylation is 1. The molecule has 0 radical (unpaired) electrons. The van der Waals surface area contributed by atoms with Gasteiger partial charge in [-0.25, -0.2) is 0 Å². The fourth-order valence-corrected chi connectivity index (χ4v) is 2.78. The highest BCUT2D eigenvalue weighted by Gasteiger charge is 2.17. The van der Waals surface area contributed by atoms with E-state index in [0.717, 1.165) is 17.6 Å².